The van der Waals surface area contributed by atoms with Crippen molar-refractivity contribution in [2.75, 3.05) is 18.5 Å². The Morgan fingerprint density at radius 1 is 1.17 bits per heavy atom. The second-order valence-electron chi connectivity index (χ2n) is 6.37. The van der Waals surface area contributed by atoms with E-state index in [0.717, 1.165) is 25.1 Å². The van der Waals surface area contributed by atoms with Crippen molar-refractivity contribution >= 4 is 11.8 Å². The van der Waals surface area contributed by atoms with Gasteiger partial charge < -0.3 is 10.1 Å². The average Bonchev–Trinajstić information content (AvgIpc) is 2.62. The van der Waals surface area contributed by atoms with Gasteiger partial charge in [-0.05, 0) is 49.9 Å². The van der Waals surface area contributed by atoms with Gasteiger partial charge in [0.1, 0.15) is 6.61 Å². The first-order valence-corrected chi connectivity index (χ1v) is 8.49. The third-order valence-electron chi connectivity index (χ3n) is 4.48. The third kappa shape index (κ3) is 4.59. The van der Waals surface area contributed by atoms with Crippen LogP contribution in [0.15, 0.2) is 54.6 Å². The molecular weight excluding hydrogens is 300 g/mol. The van der Waals surface area contributed by atoms with Gasteiger partial charge in [-0.15, -0.1) is 0 Å². The Morgan fingerprint density at radius 2 is 1.92 bits per heavy atom. The molecule has 0 unspecified atom stereocenters. The van der Waals surface area contributed by atoms with Gasteiger partial charge >= 0.3 is 6.09 Å². The van der Waals surface area contributed by atoms with Crippen molar-refractivity contribution in [1.29, 1.82) is 0 Å². The van der Waals surface area contributed by atoms with Gasteiger partial charge in [0, 0.05) is 11.7 Å². The molecule has 126 valence electrons. The van der Waals surface area contributed by atoms with Crippen LogP contribution in [0.25, 0.3) is 0 Å². The zero-order chi connectivity index (χ0) is 16.8. The molecule has 0 bridgehead atoms. The molecule has 0 radical (unpaired) electrons. The van der Waals surface area contributed by atoms with Crippen LogP contribution < -0.4 is 10.6 Å². The Hall–Kier alpha value is -2.33. The van der Waals surface area contributed by atoms with Crippen molar-refractivity contribution in [2.24, 2.45) is 0 Å². The molecule has 1 aliphatic heterocycles. The smallest absolute Gasteiger partial charge is 0.411 e. The topological polar surface area (TPSA) is 50.4 Å². The summed E-state index contributed by atoms with van der Waals surface area (Å²) in [5.41, 5.74) is 3.41. The summed E-state index contributed by atoms with van der Waals surface area (Å²) in [6.07, 6.45) is 1.71. The maximum absolute atomic E-state index is 11.9. The van der Waals surface area contributed by atoms with Crippen LogP contribution in [0.4, 0.5) is 10.5 Å². The minimum atomic E-state index is -0.402. The first-order valence-electron chi connectivity index (χ1n) is 8.49. The van der Waals surface area contributed by atoms with E-state index in [1.807, 2.05) is 30.3 Å². The number of carbonyl (C=O) groups excluding carboxylic acids is 1. The van der Waals surface area contributed by atoms with Gasteiger partial charge in [0.15, 0.2) is 0 Å². The van der Waals surface area contributed by atoms with Crippen molar-refractivity contribution in [3.8, 4) is 0 Å². The summed E-state index contributed by atoms with van der Waals surface area (Å²) in [6, 6.07) is 18.3. The summed E-state index contributed by atoms with van der Waals surface area (Å²) in [7, 11) is 0. The van der Waals surface area contributed by atoms with Gasteiger partial charge in [-0.25, -0.2) is 4.79 Å². The summed E-state index contributed by atoms with van der Waals surface area (Å²) in [5.74, 6) is 0.526. The van der Waals surface area contributed by atoms with E-state index in [0.29, 0.717) is 12.5 Å². The Morgan fingerprint density at radius 3 is 2.67 bits per heavy atom. The average molecular weight is 324 g/mol. The molecule has 1 amide bonds. The number of piperidine rings is 1. The van der Waals surface area contributed by atoms with E-state index < -0.39 is 6.09 Å². The quantitative estimate of drug-likeness (QED) is 0.891. The lowest BCUT2D eigenvalue weighted by Crippen LogP contribution is -2.41. The van der Waals surface area contributed by atoms with Gasteiger partial charge in [0.25, 0.3) is 0 Å². The summed E-state index contributed by atoms with van der Waals surface area (Å²) < 4.78 is 5.38. The lowest BCUT2D eigenvalue weighted by Gasteiger charge is -2.30. The van der Waals surface area contributed by atoms with E-state index in [1.54, 1.807) is 0 Å². The first kappa shape index (κ1) is 16.5. The molecule has 2 atom stereocenters. The molecule has 0 saturated carbocycles. The van der Waals surface area contributed by atoms with Crippen LogP contribution in [0, 0.1) is 6.92 Å². The molecule has 1 aliphatic rings. The number of para-hydroxylation sites is 1. The predicted molar refractivity (Wildman–Crippen MR) is 96.4 cm³/mol. The molecule has 4 heteroatoms. The summed E-state index contributed by atoms with van der Waals surface area (Å²) in [6.45, 7) is 3.45. The summed E-state index contributed by atoms with van der Waals surface area (Å²) in [4.78, 5) is 11.9. The van der Waals surface area contributed by atoms with Gasteiger partial charge in [-0.3, -0.25) is 5.32 Å². The standard InChI is InChI=1S/C20H24N2O2/c1-15-7-9-16(10-8-15)17-11-12-21-19(13-17)14-24-20(23)22-18-5-3-2-4-6-18/h2-10,17,19,21H,11-14H2,1H3,(H,22,23)/t17-,19-/m0/s1. The van der Waals surface area contributed by atoms with Crippen LogP contribution in [0.1, 0.15) is 29.9 Å². The maximum atomic E-state index is 11.9. The fourth-order valence-corrected chi connectivity index (χ4v) is 3.13. The highest BCUT2D eigenvalue weighted by molar-refractivity contribution is 5.84. The van der Waals surface area contributed by atoms with Gasteiger partial charge in [0.05, 0.1) is 0 Å². The SMILES string of the molecule is Cc1ccc([C@H]2CCN[C@H](COC(=O)Nc3ccccc3)C2)cc1. The molecule has 1 saturated heterocycles. The molecule has 0 aromatic heterocycles. The van der Waals surface area contributed by atoms with Gasteiger partial charge in [-0.1, -0.05) is 48.0 Å². The Labute approximate surface area is 143 Å². The zero-order valence-corrected chi connectivity index (χ0v) is 14.0. The van der Waals surface area contributed by atoms with E-state index in [4.69, 9.17) is 4.74 Å². The van der Waals surface area contributed by atoms with Gasteiger partial charge in [0.2, 0.25) is 0 Å². The number of nitrogens with one attached hydrogen (secondary N) is 2. The van der Waals surface area contributed by atoms with Crippen molar-refractivity contribution in [2.45, 2.75) is 31.7 Å². The van der Waals surface area contributed by atoms with Crippen molar-refractivity contribution in [3.63, 3.8) is 0 Å². The number of rotatable bonds is 4. The van der Waals surface area contributed by atoms with Crippen LogP contribution in [0.3, 0.4) is 0 Å². The van der Waals surface area contributed by atoms with Crippen molar-refractivity contribution in [3.05, 3.63) is 65.7 Å². The Kier molecular flexibility index (Phi) is 5.49. The molecule has 4 nitrogen and oxygen atoms in total. The highest BCUT2D eigenvalue weighted by atomic mass is 16.5. The molecule has 1 fully saturated rings. The number of hydrogen-bond donors (Lipinski definition) is 2. The summed E-state index contributed by atoms with van der Waals surface area (Å²) in [5, 5.41) is 6.19. The van der Waals surface area contributed by atoms with E-state index in [1.165, 1.54) is 11.1 Å². The number of carbonyl (C=O) groups is 1. The van der Waals surface area contributed by atoms with E-state index >= 15 is 0 Å². The zero-order valence-electron chi connectivity index (χ0n) is 14.0. The van der Waals surface area contributed by atoms with Crippen LogP contribution in [-0.2, 0) is 4.74 Å². The van der Waals surface area contributed by atoms with Crippen LogP contribution in [0.5, 0.6) is 0 Å². The fraction of sp³-hybridized carbons (Fsp3) is 0.350. The molecule has 1 heterocycles. The van der Waals surface area contributed by atoms with Crippen LogP contribution in [-0.4, -0.2) is 25.3 Å². The predicted octanol–water partition coefficient (Wildman–Crippen LogP) is 4.08. The lowest BCUT2D eigenvalue weighted by molar-refractivity contribution is 0.139. The summed E-state index contributed by atoms with van der Waals surface area (Å²) >= 11 is 0. The molecule has 0 aliphatic carbocycles. The highest BCUT2D eigenvalue weighted by Crippen LogP contribution is 2.28. The van der Waals surface area contributed by atoms with Crippen molar-refractivity contribution in [1.82, 2.24) is 5.32 Å². The number of benzene rings is 2. The molecule has 24 heavy (non-hydrogen) atoms. The minimum absolute atomic E-state index is 0.201. The van der Waals surface area contributed by atoms with Crippen LogP contribution >= 0.6 is 0 Å². The molecule has 3 rings (SSSR count). The number of hydrogen-bond acceptors (Lipinski definition) is 3. The van der Waals surface area contributed by atoms with Crippen molar-refractivity contribution < 1.29 is 9.53 Å². The monoisotopic (exact) mass is 324 g/mol. The molecule has 2 aromatic rings. The third-order valence-corrected chi connectivity index (χ3v) is 4.48. The number of amides is 1. The normalized spacial score (nSPS) is 20.4. The second kappa shape index (κ2) is 7.97. The number of aryl methyl sites for hydroxylation is 1. The maximum Gasteiger partial charge on any atom is 0.411 e. The fourth-order valence-electron chi connectivity index (χ4n) is 3.13. The number of anilines is 1. The van der Waals surface area contributed by atoms with E-state index in [9.17, 15) is 4.79 Å². The largest absolute Gasteiger partial charge is 0.448 e. The Bertz CT molecular complexity index is 655. The Balaban J connectivity index is 1.48. The number of ether oxygens (including phenoxy) is 1. The minimum Gasteiger partial charge on any atom is -0.448 e. The van der Waals surface area contributed by atoms with E-state index in [2.05, 4.69) is 41.8 Å². The second-order valence-corrected chi connectivity index (χ2v) is 6.37. The molecular formula is C20H24N2O2. The molecule has 0 spiro atoms. The molecule has 2 aromatic carbocycles. The first-order chi connectivity index (χ1) is 11.7. The van der Waals surface area contributed by atoms with Gasteiger partial charge in [-0.2, -0.15) is 0 Å². The van der Waals surface area contributed by atoms with Crippen LogP contribution in [0.2, 0.25) is 0 Å². The highest BCUT2D eigenvalue weighted by Gasteiger charge is 2.23. The lowest BCUT2D eigenvalue weighted by atomic mass is 9.86. The molecule has 2 N–H and O–H groups in total. The van der Waals surface area contributed by atoms with E-state index in [-0.39, 0.29) is 6.04 Å².